The van der Waals surface area contributed by atoms with Gasteiger partial charge in [0.2, 0.25) is 0 Å². The maximum Gasteiger partial charge on any atom is 0.0610 e. The molecule has 0 aromatic heterocycles. The lowest BCUT2D eigenvalue weighted by atomic mass is 9.51. The van der Waals surface area contributed by atoms with Gasteiger partial charge in [0.15, 0.2) is 0 Å². The molecule has 3 saturated carbocycles. The monoisotopic (exact) mass is 321 g/mol. The highest BCUT2D eigenvalue weighted by atomic mass is 16.3. The molecular weight excluding hydrogens is 286 g/mol. The molecule has 3 aliphatic rings. The lowest BCUT2D eigenvalue weighted by molar-refractivity contribution is -0.119. The maximum atomic E-state index is 11.3. The van der Waals surface area contributed by atoms with Crippen LogP contribution in [-0.4, -0.2) is 29.0 Å². The normalized spacial score (nSPS) is 50.8. The molecule has 4 N–H and O–H groups in total. The fourth-order valence-corrected chi connectivity index (χ4v) is 6.27. The van der Waals surface area contributed by atoms with Crippen LogP contribution in [0.15, 0.2) is 12.2 Å². The summed E-state index contributed by atoms with van der Waals surface area (Å²) < 4.78 is 0. The molecule has 0 spiro atoms. The Balaban J connectivity index is 1.84. The molecule has 0 amide bonds. The van der Waals surface area contributed by atoms with Crippen molar-refractivity contribution in [1.29, 1.82) is 0 Å². The average molecular weight is 322 g/mol. The largest absolute Gasteiger partial charge is 0.393 e. The zero-order valence-electron chi connectivity index (χ0n) is 14.9. The van der Waals surface area contributed by atoms with Crippen LogP contribution in [-0.2, 0) is 0 Å². The van der Waals surface area contributed by atoms with E-state index in [0.29, 0.717) is 24.3 Å². The van der Waals surface area contributed by atoms with Gasteiger partial charge >= 0.3 is 0 Å². The molecular formula is C20H35NO2. The quantitative estimate of drug-likeness (QED) is 0.699. The second kappa shape index (κ2) is 6.16. The van der Waals surface area contributed by atoms with Crippen LogP contribution in [0.1, 0.15) is 65.2 Å². The van der Waals surface area contributed by atoms with Gasteiger partial charge in [0.05, 0.1) is 12.2 Å². The van der Waals surface area contributed by atoms with Gasteiger partial charge in [-0.25, -0.2) is 0 Å². The molecule has 3 nitrogen and oxygen atoms in total. The van der Waals surface area contributed by atoms with Gasteiger partial charge in [-0.15, -0.1) is 0 Å². The molecule has 0 radical (unpaired) electrons. The molecule has 7 atom stereocenters. The van der Waals surface area contributed by atoms with E-state index in [9.17, 15) is 10.2 Å². The molecule has 3 aliphatic carbocycles. The average Bonchev–Trinajstić information content (AvgIpc) is 2.80. The highest BCUT2D eigenvalue weighted by Crippen LogP contribution is 2.61. The summed E-state index contributed by atoms with van der Waals surface area (Å²) in [6.07, 6.45) is 7.70. The second-order valence-electron chi connectivity index (χ2n) is 9.01. The number of hydrogen-bond acceptors (Lipinski definition) is 3. The molecule has 132 valence electrons. The van der Waals surface area contributed by atoms with E-state index in [1.807, 2.05) is 0 Å². The molecule has 0 aromatic carbocycles. The third-order valence-corrected chi connectivity index (χ3v) is 8.05. The summed E-state index contributed by atoms with van der Waals surface area (Å²) in [5, 5.41) is 21.4. The standard InChI is InChI=1S/C20H35NO2/c1-13-4-5-16-18(23)17(7-10-19(13,16)2)20(3)9-6-15(22)12-14(20)8-11-21/h14-18,22-23H,1,4-12,21H2,2-3H3/t14-,15-,16?,17?,18-,19+,20-/m0/s1. The van der Waals surface area contributed by atoms with Crippen LogP contribution >= 0.6 is 0 Å². The Hall–Kier alpha value is -0.380. The van der Waals surface area contributed by atoms with Crippen LogP contribution in [0, 0.1) is 28.6 Å². The Kier molecular flexibility index (Phi) is 4.67. The Morgan fingerprint density at radius 1 is 1.13 bits per heavy atom. The predicted molar refractivity (Wildman–Crippen MR) is 93.8 cm³/mol. The van der Waals surface area contributed by atoms with Gasteiger partial charge in [0.25, 0.3) is 0 Å². The van der Waals surface area contributed by atoms with Crippen molar-refractivity contribution in [2.24, 2.45) is 34.3 Å². The lowest BCUT2D eigenvalue weighted by Gasteiger charge is -2.55. The molecule has 0 aromatic rings. The summed E-state index contributed by atoms with van der Waals surface area (Å²) in [5.74, 6) is 1.15. The number of rotatable bonds is 3. The van der Waals surface area contributed by atoms with Crippen molar-refractivity contribution in [1.82, 2.24) is 0 Å². The minimum atomic E-state index is -0.228. The summed E-state index contributed by atoms with van der Waals surface area (Å²) >= 11 is 0. The van der Waals surface area contributed by atoms with Crippen molar-refractivity contribution in [3.63, 3.8) is 0 Å². The second-order valence-corrected chi connectivity index (χ2v) is 9.01. The van der Waals surface area contributed by atoms with Crippen molar-refractivity contribution >= 4 is 0 Å². The molecule has 3 rings (SSSR count). The predicted octanol–water partition coefficient (Wildman–Crippen LogP) is 3.25. The Labute approximate surface area is 141 Å². The zero-order valence-corrected chi connectivity index (χ0v) is 14.9. The van der Waals surface area contributed by atoms with Crippen molar-refractivity contribution in [3.05, 3.63) is 12.2 Å². The van der Waals surface area contributed by atoms with Gasteiger partial charge in [-0.3, -0.25) is 0 Å². The minimum absolute atomic E-state index is 0.114. The van der Waals surface area contributed by atoms with E-state index in [2.05, 4.69) is 20.4 Å². The van der Waals surface area contributed by atoms with Gasteiger partial charge in [0.1, 0.15) is 0 Å². The van der Waals surface area contributed by atoms with Crippen molar-refractivity contribution in [2.45, 2.75) is 77.4 Å². The van der Waals surface area contributed by atoms with Gasteiger partial charge < -0.3 is 15.9 Å². The van der Waals surface area contributed by atoms with Crippen LogP contribution in [0.25, 0.3) is 0 Å². The number of fused-ring (bicyclic) bond motifs is 1. The van der Waals surface area contributed by atoms with Gasteiger partial charge in [-0.05, 0) is 86.5 Å². The van der Waals surface area contributed by atoms with Crippen LogP contribution in [0.4, 0.5) is 0 Å². The molecule has 0 aliphatic heterocycles. The van der Waals surface area contributed by atoms with Gasteiger partial charge in [-0.1, -0.05) is 26.0 Å². The summed E-state index contributed by atoms with van der Waals surface area (Å²) in [5.41, 5.74) is 7.47. The Bertz CT molecular complexity index is 465. The van der Waals surface area contributed by atoms with Crippen LogP contribution in [0.3, 0.4) is 0 Å². The van der Waals surface area contributed by atoms with Crippen LogP contribution in [0.5, 0.6) is 0 Å². The smallest absolute Gasteiger partial charge is 0.0610 e. The molecule has 0 saturated heterocycles. The fourth-order valence-electron chi connectivity index (χ4n) is 6.27. The van der Waals surface area contributed by atoms with E-state index in [0.717, 1.165) is 51.4 Å². The number of aliphatic hydroxyl groups excluding tert-OH is 2. The van der Waals surface area contributed by atoms with E-state index in [4.69, 9.17) is 5.73 Å². The minimum Gasteiger partial charge on any atom is -0.393 e. The summed E-state index contributed by atoms with van der Waals surface area (Å²) in [7, 11) is 0. The zero-order chi connectivity index (χ0) is 16.8. The highest BCUT2D eigenvalue weighted by Gasteiger charge is 2.56. The summed E-state index contributed by atoms with van der Waals surface area (Å²) in [6, 6.07) is 0. The van der Waals surface area contributed by atoms with Gasteiger partial charge in [0, 0.05) is 0 Å². The highest BCUT2D eigenvalue weighted by molar-refractivity contribution is 5.21. The van der Waals surface area contributed by atoms with Crippen molar-refractivity contribution in [3.8, 4) is 0 Å². The molecule has 0 heterocycles. The molecule has 3 fully saturated rings. The first-order chi connectivity index (χ1) is 10.8. The molecule has 2 unspecified atom stereocenters. The SMILES string of the molecule is C=C1CCC2[C@H](O)C([C@@]3(C)CC[C@H](O)C[C@@H]3CCN)CC[C@]12C. The van der Waals surface area contributed by atoms with Crippen molar-refractivity contribution < 1.29 is 10.2 Å². The topological polar surface area (TPSA) is 66.5 Å². The molecule has 0 bridgehead atoms. The van der Waals surface area contributed by atoms with Crippen molar-refractivity contribution in [2.75, 3.05) is 6.54 Å². The summed E-state index contributed by atoms with van der Waals surface area (Å²) in [6.45, 7) is 9.64. The Morgan fingerprint density at radius 3 is 2.57 bits per heavy atom. The first-order valence-electron chi connectivity index (χ1n) is 9.57. The number of allylic oxidation sites excluding steroid dienone is 1. The first kappa shape index (κ1) is 17.4. The van der Waals surface area contributed by atoms with E-state index in [1.165, 1.54) is 5.57 Å². The number of nitrogens with two attached hydrogens (primary N) is 1. The maximum absolute atomic E-state index is 11.3. The van der Waals surface area contributed by atoms with E-state index in [1.54, 1.807) is 0 Å². The third-order valence-electron chi connectivity index (χ3n) is 8.05. The summed E-state index contributed by atoms with van der Waals surface area (Å²) in [4.78, 5) is 0. The Morgan fingerprint density at radius 2 is 1.87 bits per heavy atom. The van der Waals surface area contributed by atoms with E-state index in [-0.39, 0.29) is 23.0 Å². The lowest BCUT2D eigenvalue weighted by Crippen LogP contribution is -2.53. The molecule has 3 heteroatoms. The first-order valence-corrected chi connectivity index (χ1v) is 9.57. The van der Waals surface area contributed by atoms with Gasteiger partial charge in [-0.2, -0.15) is 0 Å². The fraction of sp³-hybridized carbons (Fsp3) is 0.900. The van der Waals surface area contributed by atoms with E-state index >= 15 is 0 Å². The van der Waals surface area contributed by atoms with Crippen LogP contribution in [0.2, 0.25) is 0 Å². The van der Waals surface area contributed by atoms with Crippen LogP contribution < -0.4 is 5.73 Å². The number of hydrogen-bond donors (Lipinski definition) is 3. The molecule has 23 heavy (non-hydrogen) atoms. The number of aliphatic hydroxyl groups is 2. The van der Waals surface area contributed by atoms with E-state index < -0.39 is 0 Å². The third kappa shape index (κ3) is 2.69.